The molecule has 116 valence electrons. The van der Waals surface area contributed by atoms with E-state index >= 15 is 0 Å². The molecule has 0 aliphatic carbocycles. The van der Waals surface area contributed by atoms with Crippen molar-refractivity contribution < 1.29 is 23.5 Å². The Morgan fingerprint density at radius 1 is 1.23 bits per heavy atom. The Kier molecular flexibility index (Phi) is 5.19. The van der Waals surface area contributed by atoms with E-state index in [0.29, 0.717) is 29.4 Å². The fraction of sp³-hybridized carbons (Fsp3) is 0.250. The van der Waals surface area contributed by atoms with Crippen LogP contribution in [0.1, 0.15) is 23.0 Å². The minimum atomic E-state index is -0.598. The van der Waals surface area contributed by atoms with Gasteiger partial charge < -0.3 is 19.2 Å². The average molecular weight is 303 g/mol. The molecule has 1 amide bonds. The summed E-state index contributed by atoms with van der Waals surface area (Å²) < 4.78 is 15.4. The van der Waals surface area contributed by atoms with Crippen molar-refractivity contribution in [2.24, 2.45) is 0 Å². The maximum absolute atomic E-state index is 11.9. The Hall–Kier alpha value is -2.76. The summed E-state index contributed by atoms with van der Waals surface area (Å²) in [6.45, 7) is 3.61. The zero-order valence-electron chi connectivity index (χ0n) is 12.4. The number of hydrogen-bond acceptors (Lipinski definition) is 5. The minimum Gasteiger partial charge on any atom is -0.492 e. The maximum atomic E-state index is 11.9. The van der Waals surface area contributed by atoms with E-state index in [-0.39, 0.29) is 6.61 Å². The number of nitrogens with one attached hydrogen (secondary N) is 1. The monoisotopic (exact) mass is 303 g/mol. The number of furan rings is 1. The minimum absolute atomic E-state index is 0.308. The van der Waals surface area contributed by atoms with Gasteiger partial charge in [0.15, 0.2) is 6.61 Å². The van der Waals surface area contributed by atoms with E-state index < -0.39 is 11.9 Å². The molecule has 6 heteroatoms. The molecule has 0 aliphatic rings. The van der Waals surface area contributed by atoms with Crippen LogP contribution in [0.4, 0.5) is 5.69 Å². The molecule has 1 aromatic carbocycles. The second kappa shape index (κ2) is 7.31. The lowest BCUT2D eigenvalue weighted by atomic mass is 10.3. The van der Waals surface area contributed by atoms with Crippen molar-refractivity contribution in [2.75, 3.05) is 18.5 Å². The highest BCUT2D eigenvalue weighted by Gasteiger charge is 2.15. The topological polar surface area (TPSA) is 77.8 Å². The molecule has 0 unspecified atom stereocenters. The second-order valence-electron chi connectivity index (χ2n) is 4.44. The fourth-order valence-electron chi connectivity index (χ4n) is 1.84. The Morgan fingerprint density at radius 2 is 2.00 bits per heavy atom. The van der Waals surface area contributed by atoms with Gasteiger partial charge >= 0.3 is 5.97 Å². The molecule has 0 saturated carbocycles. The highest BCUT2D eigenvalue weighted by Crippen LogP contribution is 2.23. The molecule has 1 N–H and O–H groups in total. The summed E-state index contributed by atoms with van der Waals surface area (Å²) in [5.74, 6) is -0.0244. The number of rotatable bonds is 6. The molecule has 6 nitrogen and oxygen atoms in total. The average Bonchev–Trinajstić information content (AvgIpc) is 2.93. The Morgan fingerprint density at radius 3 is 2.68 bits per heavy atom. The maximum Gasteiger partial charge on any atom is 0.342 e. The summed E-state index contributed by atoms with van der Waals surface area (Å²) in [5, 5.41) is 2.65. The Labute approximate surface area is 128 Å². The fourth-order valence-corrected chi connectivity index (χ4v) is 1.84. The van der Waals surface area contributed by atoms with Crippen molar-refractivity contribution in [1.82, 2.24) is 0 Å². The molecule has 0 radical (unpaired) electrons. The summed E-state index contributed by atoms with van der Waals surface area (Å²) in [6.07, 6.45) is 1.39. The number of ether oxygens (including phenoxy) is 2. The highest BCUT2D eigenvalue weighted by molar-refractivity contribution is 5.96. The third-order valence-corrected chi connectivity index (χ3v) is 2.87. The highest BCUT2D eigenvalue weighted by atomic mass is 16.5. The number of amides is 1. The predicted molar refractivity (Wildman–Crippen MR) is 80.0 cm³/mol. The van der Waals surface area contributed by atoms with Crippen LogP contribution in [-0.2, 0) is 9.53 Å². The zero-order valence-corrected chi connectivity index (χ0v) is 12.4. The molecular formula is C16H17NO5. The smallest absolute Gasteiger partial charge is 0.342 e. The van der Waals surface area contributed by atoms with Gasteiger partial charge in [-0.1, -0.05) is 12.1 Å². The molecular weight excluding hydrogens is 286 g/mol. The standard InChI is InChI=1S/C16H17NO5/c1-3-20-14-7-5-4-6-13(14)17-15(18)10-22-16(19)12-8-9-21-11(12)2/h4-9H,3,10H2,1-2H3,(H,17,18). The number of aryl methyl sites for hydroxylation is 1. The van der Waals surface area contributed by atoms with Crippen LogP contribution >= 0.6 is 0 Å². The summed E-state index contributed by atoms with van der Waals surface area (Å²) in [5.41, 5.74) is 0.840. The molecule has 0 spiro atoms. The van der Waals surface area contributed by atoms with Gasteiger partial charge in [0.1, 0.15) is 17.1 Å². The molecule has 2 aromatic rings. The molecule has 0 aliphatic heterocycles. The van der Waals surface area contributed by atoms with Gasteiger partial charge in [0.25, 0.3) is 5.91 Å². The lowest BCUT2D eigenvalue weighted by Gasteiger charge is -2.11. The van der Waals surface area contributed by atoms with E-state index in [2.05, 4.69) is 5.32 Å². The Balaban J connectivity index is 1.91. The molecule has 1 heterocycles. The van der Waals surface area contributed by atoms with Gasteiger partial charge in [0, 0.05) is 0 Å². The zero-order chi connectivity index (χ0) is 15.9. The van der Waals surface area contributed by atoms with Gasteiger partial charge in [-0.05, 0) is 32.0 Å². The van der Waals surface area contributed by atoms with Crippen LogP contribution in [0.2, 0.25) is 0 Å². The number of hydrogen-bond donors (Lipinski definition) is 1. The van der Waals surface area contributed by atoms with Crippen LogP contribution in [0.5, 0.6) is 5.75 Å². The number of esters is 1. The third kappa shape index (κ3) is 3.88. The van der Waals surface area contributed by atoms with E-state index in [9.17, 15) is 9.59 Å². The first-order chi connectivity index (χ1) is 10.6. The van der Waals surface area contributed by atoms with E-state index in [0.717, 1.165) is 0 Å². The summed E-state index contributed by atoms with van der Waals surface area (Å²) in [7, 11) is 0. The van der Waals surface area contributed by atoms with Crippen molar-refractivity contribution in [2.45, 2.75) is 13.8 Å². The van der Waals surface area contributed by atoms with Crippen LogP contribution in [0.15, 0.2) is 41.0 Å². The summed E-state index contributed by atoms with van der Waals surface area (Å²) in [4.78, 5) is 23.6. The number of carbonyl (C=O) groups excluding carboxylic acids is 2. The second-order valence-corrected chi connectivity index (χ2v) is 4.44. The molecule has 1 aromatic heterocycles. The largest absolute Gasteiger partial charge is 0.492 e. The quantitative estimate of drug-likeness (QED) is 0.830. The predicted octanol–water partition coefficient (Wildman–Crippen LogP) is 2.78. The van der Waals surface area contributed by atoms with Crippen molar-refractivity contribution in [3.8, 4) is 5.75 Å². The Bertz CT molecular complexity index is 662. The van der Waals surface area contributed by atoms with Crippen LogP contribution in [-0.4, -0.2) is 25.1 Å². The normalized spacial score (nSPS) is 10.1. The molecule has 0 bridgehead atoms. The van der Waals surface area contributed by atoms with Crippen LogP contribution in [0.25, 0.3) is 0 Å². The lowest BCUT2D eigenvalue weighted by molar-refractivity contribution is -0.119. The van der Waals surface area contributed by atoms with Crippen molar-refractivity contribution in [3.63, 3.8) is 0 Å². The van der Waals surface area contributed by atoms with Crippen LogP contribution in [0.3, 0.4) is 0 Å². The SMILES string of the molecule is CCOc1ccccc1NC(=O)COC(=O)c1ccoc1C. The van der Waals surface area contributed by atoms with Gasteiger partial charge in [-0.25, -0.2) is 4.79 Å². The van der Waals surface area contributed by atoms with Crippen molar-refractivity contribution >= 4 is 17.6 Å². The van der Waals surface area contributed by atoms with Crippen molar-refractivity contribution in [3.05, 3.63) is 47.9 Å². The number of anilines is 1. The number of benzene rings is 1. The third-order valence-electron chi connectivity index (χ3n) is 2.87. The molecule has 0 saturated heterocycles. The number of carbonyl (C=O) groups is 2. The van der Waals surface area contributed by atoms with E-state index in [4.69, 9.17) is 13.9 Å². The molecule has 0 atom stereocenters. The van der Waals surface area contributed by atoms with Gasteiger partial charge in [-0.3, -0.25) is 4.79 Å². The molecule has 2 rings (SSSR count). The first-order valence-corrected chi connectivity index (χ1v) is 6.84. The van der Waals surface area contributed by atoms with Gasteiger partial charge in [-0.15, -0.1) is 0 Å². The van der Waals surface area contributed by atoms with Crippen LogP contribution in [0, 0.1) is 6.92 Å². The van der Waals surface area contributed by atoms with Gasteiger partial charge in [-0.2, -0.15) is 0 Å². The molecule has 22 heavy (non-hydrogen) atoms. The van der Waals surface area contributed by atoms with Gasteiger partial charge in [0.2, 0.25) is 0 Å². The first-order valence-electron chi connectivity index (χ1n) is 6.84. The van der Waals surface area contributed by atoms with Crippen LogP contribution < -0.4 is 10.1 Å². The van der Waals surface area contributed by atoms with E-state index in [1.165, 1.54) is 12.3 Å². The van der Waals surface area contributed by atoms with E-state index in [1.54, 1.807) is 25.1 Å². The summed E-state index contributed by atoms with van der Waals surface area (Å²) in [6, 6.07) is 8.55. The van der Waals surface area contributed by atoms with Gasteiger partial charge in [0.05, 0.1) is 18.6 Å². The molecule has 0 fully saturated rings. The lowest BCUT2D eigenvalue weighted by Crippen LogP contribution is -2.21. The van der Waals surface area contributed by atoms with Crippen molar-refractivity contribution in [1.29, 1.82) is 0 Å². The first kappa shape index (κ1) is 15.6. The summed E-state index contributed by atoms with van der Waals surface area (Å²) >= 11 is 0. The van der Waals surface area contributed by atoms with E-state index in [1.807, 2.05) is 13.0 Å². The number of para-hydroxylation sites is 2.